The molecular formula is C27H30N4O4. The van der Waals surface area contributed by atoms with Crippen LogP contribution in [0.3, 0.4) is 0 Å². The maximum atomic E-state index is 12.4. The molecule has 4 aromatic rings. The minimum atomic E-state index is -0.213. The van der Waals surface area contributed by atoms with Crippen molar-refractivity contribution in [2.24, 2.45) is 5.92 Å². The van der Waals surface area contributed by atoms with Gasteiger partial charge in [0.15, 0.2) is 17.2 Å². The fourth-order valence-corrected chi connectivity index (χ4v) is 4.20. The van der Waals surface area contributed by atoms with Crippen molar-refractivity contribution in [2.75, 3.05) is 19.9 Å². The van der Waals surface area contributed by atoms with Crippen LogP contribution in [0.15, 0.2) is 59.3 Å². The molecule has 1 amide bonds. The van der Waals surface area contributed by atoms with Gasteiger partial charge in [-0.15, -0.1) is 0 Å². The summed E-state index contributed by atoms with van der Waals surface area (Å²) < 4.78 is 16.7. The van der Waals surface area contributed by atoms with Crippen molar-refractivity contribution >= 4 is 16.8 Å². The molecule has 35 heavy (non-hydrogen) atoms. The van der Waals surface area contributed by atoms with Gasteiger partial charge in [0.25, 0.3) is 5.91 Å². The summed E-state index contributed by atoms with van der Waals surface area (Å²) in [5.41, 5.74) is 3.81. The van der Waals surface area contributed by atoms with Crippen molar-refractivity contribution in [2.45, 2.75) is 33.4 Å². The van der Waals surface area contributed by atoms with E-state index in [1.54, 1.807) is 0 Å². The number of para-hydroxylation sites is 1. The summed E-state index contributed by atoms with van der Waals surface area (Å²) in [5.74, 6) is 2.20. The molecule has 3 heterocycles. The minimum absolute atomic E-state index is 0.213. The zero-order chi connectivity index (χ0) is 24.2. The Labute approximate surface area is 204 Å². The zero-order valence-electron chi connectivity index (χ0n) is 20.0. The van der Waals surface area contributed by atoms with Gasteiger partial charge in [-0.2, -0.15) is 0 Å². The maximum absolute atomic E-state index is 12.4. The van der Waals surface area contributed by atoms with Gasteiger partial charge in [-0.05, 0) is 41.7 Å². The smallest absolute Gasteiger partial charge is 0.273 e. The van der Waals surface area contributed by atoms with Crippen molar-refractivity contribution < 1.29 is 18.7 Å². The molecule has 8 heteroatoms. The number of H-pyrrole nitrogens is 1. The van der Waals surface area contributed by atoms with Crippen molar-refractivity contribution in [3.63, 3.8) is 0 Å². The topological polar surface area (TPSA) is 92.6 Å². The van der Waals surface area contributed by atoms with Gasteiger partial charge in [0.05, 0.1) is 6.54 Å². The largest absolute Gasteiger partial charge is 0.454 e. The van der Waals surface area contributed by atoms with E-state index < -0.39 is 0 Å². The number of hydrogen-bond acceptors (Lipinski definition) is 6. The van der Waals surface area contributed by atoms with E-state index in [9.17, 15) is 4.79 Å². The number of nitrogens with one attached hydrogen (secondary N) is 2. The number of aromatic amines is 1. The highest BCUT2D eigenvalue weighted by Crippen LogP contribution is 2.33. The summed E-state index contributed by atoms with van der Waals surface area (Å²) in [7, 11) is 0. The van der Waals surface area contributed by atoms with Crippen LogP contribution in [0.2, 0.25) is 0 Å². The Morgan fingerprint density at radius 1 is 1.14 bits per heavy atom. The summed E-state index contributed by atoms with van der Waals surface area (Å²) in [6, 6.07) is 14.3. The lowest BCUT2D eigenvalue weighted by molar-refractivity contribution is 0.0944. The fraction of sp³-hybridized carbons (Fsp3) is 0.333. The third-order valence-electron chi connectivity index (χ3n) is 6.03. The SMILES string of the molecule is CC(C)CNC(=O)c1coc(CN(CCc2c[nH]c3ccccc23)Cc2ccc3c(c2)OCO3)n1. The number of rotatable bonds is 10. The van der Waals surface area contributed by atoms with E-state index >= 15 is 0 Å². The molecule has 0 fully saturated rings. The Morgan fingerprint density at radius 3 is 2.89 bits per heavy atom. The third kappa shape index (κ3) is 5.49. The number of fused-ring (bicyclic) bond motifs is 2. The Balaban J connectivity index is 1.31. The maximum Gasteiger partial charge on any atom is 0.273 e. The number of carbonyl (C=O) groups is 1. The monoisotopic (exact) mass is 474 g/mol. The van der Waals surface area contributed by atoms with E-state index in [-0.39, 0.29) is 12.7 Å². The molecule has 2 aromatic carbocycles. The molecule has 0 bridgehead atoms. The average Bonchev–Trinajstić information content (AvgIpc) is 3.60. The second-order valence-corrected chi connectivity index (χ2v) is 9.24. The molecule has 1 aliphatic heterocycles. The molecule has 182 valence electrons. The van der Waals surface area contributed by atoms with Crippen LogP contribution in [-0.2, 0) is 19.5 Å². The first-order valence-corrected chi connectivity index (χ1v) is 11.9. The summed E-state index contributed by atoms with van der Waals surface area (Å²) in [4.78, 5) is 22.4. The van der Waals surface area contributed by atoms with Crippen LogP contribution < -0.4 is 14.8 Å². The first-order chi connectivity index (χ1) is 17.0. The lowest BCUT2D eigenvalue weighted by Gasteiger charge is -2.21. The number of aromatic nitrogens is 2. The highest BCUT2D eigenvalue weighted by molar-refractivity contribution is 5.91. The van der Waals surface area contributed by atoms with Gasteiger partial charge in [-0.3, -0.25) is 9.69 Å². The molecule has 8 nitrogen and oxygen atoms in total. The highest BCUT2D eigenvalue weighted by atomic mass is 16.7. The number of amides is 1. The van der Waals surface area contributed by atoms with Crippen molar-refractivity contribution in [3.8, 4) is 11.5 Å². The van der Waals surface area contributed by atoms with Gasteiger partial charge < -0.3 is 24.2 Å². The van der Waals surface area contributed by atoms with E-state index in [1.807, 2.05) is 24.3 Å². The Bertz CT molecular complexity index is 1310. The van der Waals surface area contributed by atoms with E-state index in [1.165, 1.54) is 17.2 Å². The van der Waals surface area contributed by atoms with Crippen LogP contribution in [0, 0.1) is 5.92 Å². The molecule has 0 spiro atoms. The number of ether oxygens (including phenoxy) is 2. The molecule has 0 saturated carbocycles. The predicted octanol–water partition coefficient (Wildman–Crippen LogP) is 4.52. The van der Waals surface area contributed by atoms with Crippen LogP contribution in [-0.4, -0.2) is 40.7 Å². The number of oxazole rings is 1. The summed E-state index contributed by atoms with van der Waals surface area (Å²) >= 11 is 0. The summed E-state index contributed by atoms with van der Waals surface area (Å²) in [6.07, 6.45) is 4.37. The van der Waals surface area contributed by atoms with Gasteiger partial charge in [0.2, 0.25) is 12.7 Å². The summed E-state index contributed by atoms with van der Waals surface area (Å²) in [6.45, 7) is 6.90. The number of hydrogen-bond donors (Lipinski definition) is 2. The molecule has 2 aromatic heterocycles. The third-order valence-corrected chi connectivity index (χ3v) is 6.03. The average molecular weight is 475 g/mol. The molecule has 1 aliphatic rings. The van der Waals surface area contributed by atoms with E-state index in [0.717, 1.165) is 35.5 Å². The molecule has 0 radical (unpaired) electrons. The molecule has 2 N–H and O–H groups in total. The molecular weight excluding hydrogens is 444 g/mol. The zero-order valence-corrected chi connectivity index (χ0v) is 20.0. The van der Waals surface area contributed by atoms with Crippen molar-refractivity contribution in [1.82, 2.24) is 20.2 Å². The Morgan fingerprint density at radius 2 is 2.00 bits per heavy atom. The van der Waals surface area contributed by atoms with Gasteiger partial charge in [0, 0.05) is 36.7 Å². The normalized spacial score (nSPS) is 12.7. The minimum Gasteiger partial charge on any atom is -0.454 e. The molecule has 0 saturated heterocycles. The van der Waals surface area contributed by atoms with E-state index in [0.29, 0.717) is 37.1 Å². The molecule has 0 unspecified atom stereocenters. The van der Waals surface area contributed by atoms with Crippen molar-refractivity contribution in [1.29, 1.82) is 0 Å². The molecule has 0 atom stereocenters. The molecule has 5 rings (SSSR count). The second kappa shape index (κ2) is 10.2. The van der Waals surface area contributed by atoms with Crippen molar-refractivity contribution in [3.05, 3.63) is 77.6 Å². The number of nitrogens with zero attached hydrogens (tertiary/aromatic N) is 2. The van der Waals surface area contributed by atoms with Crippen LogP contribution in [0.1, 0.15) is 41.4 Å². The predicted molar refractivity (Wildman–Crippen MR) is 132 cm³/mol. The number of benzene rings is 2. The fourth-order valence-electron chi connectivity index (χ4n) is 4.20. The first-order valence-electron chi connectivity index (χ1n) is 11.9. The lowest BCUT2D eigenvalue weighted by atomic mass is 10.1. The summed E-state index contributed by atoms with van der Waals surface area (Å²) in [5, 5.41) is 4.12. The standard InChI is InChI=1S/C27H30N4O4/c1-18(2)12-29-27(32)23-16-33-26(30-23)15-31(14-19-7-8-24-25(11-19)35-17-34-24)10-9-20-13-28-22-6-4-3-5-21(20)22/h3-8,11,13,16,18,28H,9-10,12,14-15,17H2,1-2H3,(H,29,32). The van der Waals surface area contributed by atoms with Gasteiger partial charge >= 0.3 is 0 Å². The highest BCUT2D eigenvalue weighted by Gasteiger charge is 2.18. The Kier molecular flexibility index (Phi) is 6.72. The van der Waals surface area contributed by atoms with E-state index in [4.69, 9.17) is 13.9 Å². The Hall–Kier alpha value is -3.78. The van der Waals surface area contributed by atoms with Crippen LogP contribution in [0.25, 0.3) is 10.9 Å². The molecule has 0 aliphatic carbocycles. The van der Waals surface area contributed by atoms with Crippen LogP contribution >= 0.6 is 0 Å². The van der Waals surface area contributed by atoms with Crippen LogP contribution in [0.4, 0.5) is 0 Å². The van der Waals surface area contributed by atoms with E-state index in [2.05, 4.69) is 58.4 Å². The lowest BCUT2D eigenvalue weighted by Crippen LogP contribution is -2.28. The number of carbonyl (C=O) groups excluding carboxylic acids is 1. The first kappa shape index (κ1) is 23.0. The van der Waals surface area contributed by atoms with Gasteiger partial charge in [-0.25, -0.2) is 4.98 Å². The van der Waals surface area contributed by atoms with Crippen LogP contribution in [0.5, 0.6) is 11.5 Å². The second-order valence-electron chi connectivity index (χ2n) is 9.24. The van der Waals surface area contributed by atoms with Gasteiger partial charge in [0.1, 0.15) is 6.26 Å². The van der Waals surface area contributed by atoms with Gasteiger partial charge in [-0.1, -0.05) is 38.1 Å². The quantitative estimate of drug-likeness (QED) is 0.351.